The number of rotatable bonds is 3. The molecule has 4 rings (SSSR count). The molecule has 2 heterocycles. The Balaban J connectivity index is 1.49. The molecule has 0 unspecified atom stereocenters. The lowest BCUT2D eigenvalue weighted by Gasteiger charge is -2.31. The molecular weight excluding hydrogens is 366 g/mol. The predicted octanol–water partition coefficient (Wildman–Crippen LogP) is 1.59. The third-order valence-corrected chi connectivity index (χ3v) is 7.73. The maximum absolute atomic E-state index is 13.1. The topological polar surface area (TPSA) is 86.8 Å². The molecule has 27 heavy (non-hydrogen) atoms. The Morgan fingerprint density at radius 1 is 1.04 bits per heavy atom. The zero-order chi connectivity index (χ0) is 19.0. The second kappa shape index (κ2) is 7.24. The summed E-state index contributed by atoms with van der Waals surface area (Å²) in [6, 6.07) is 4.90. The fourth-order valence-corrected chi connectivity index (χ4v) is 5.46. The van der Waals surface area contributed by atoms with Crippen LogP contribution >= 0.6 is 0 Å². The van der Waals surface area contributed by atoms with Crippen LogP contribution in [0, 0.1) is 5.92 Å². The summed E-state index contributed by atoms with van der Waals surface area (Å²) < 4.78 is 27.7. The fourth-order valence-electron chi connectivity index (χ4n) is 3.94. The molecule has 0 aromatic heterocycles. The van der Waals surface area contributed by atoms with Crippen LogP contribution in [-0.2, 0) is 26.0 Å². The maximum atomic E-state index is 13.1. The van der Waals surface area contributed by atoms with Gasteiger partial charge in [0.1, 0.15) is 0 Å². The lowest BCUT2D eigenvalue weighted by atomic mass is 9.84. The van der Waals surface area contributed by atoms with Crippen molar-refractivity contribution in [2.45, 2.75) is 43.4 Å². The van der Waals surface area contributed by atoms with Gasteiger partial charge in [0.15, 0.2) is 0 Å². The van der Waals surface area contributed by atoms with E-state index in [4.69, 9.17) is 0 Å². The molecule has 3 aliphatic rings. The van der Waals surface area contributed by atoms with Crippen molar-refractivity contribution in [1.29, 1.82) is 0 Å². The van der Waals surface area contributed by atoms with E-state index in [9.17, 15) is 18.0 Å². The number of carbonyl (C=O) groups is 2. The fraction of sp³-hybridized carbons (Fsp3) is 0.579. The maximum Gasteiger partial charge on any atom is 0.243 e. The van der Waals surface area contributed by atoms with Gasteiger partial charge >= 0.3 is 0 Å². The number of hydrogen-bond acceptors (Lipinski definition) is 4. The molecule has 0 atom stereocenters. The minimum atomic E-state index is -3.61. The summed E-state index contributed by atoms with van der Waals surface area (Å²) >= 11 is 0. The molecule has 0 spiro atoms. The number of amides is 2. The Labute approximate surface area is 159 Å². The first kappa shape index (κ1) is 18.4. The minimum Gasteiger partial charge on any atom is -0.341 e. The Kier molecular flexibility index (Phi) is 4.94. The Morgan fingerprint density at radius 3 is 2.59 bits per heavy atom. The zero-order valence-electron chi connectivity index (χ0n) is 15.3. The molecule has 1 aromatic rings. The number of fused-ring (bicyclic) bond motifs is 1. The third kappa shape index (κ3) is 3.60. The Morgan fingerprint density at radius 2 is 1.85 bits per heavy atom. The molecule has 1 saturated carbocycles. The summed E-state index contributed by atoms with van der Waals surface area (Å²) in [5.74, 6) is 0.288. The molecule has 8 heteroatoms. The molecule has 0 radical (unpaired) electrons. The first-order valence-electron chi connectivity index (χ1n) is 9.67. The average Bonchev–Trinajstić information content (AvgIpc) is 2.86. The van der Waals surface area contributed by atoms with E-state index in [1.165, 1.54) is 4.31 Å². The highest BCUT2D eigenvalue weighted by Gasteiger charge is 2.33. The number of nitrogens with one attached hydrogen (secondary N) is 1. The van der Waals surface area contributed by atoms with Crippen molar-refractivity contribution in [2.24, 2.45) is 5.92 Å². The molecule has 2 fully saturated rings. The summed E-state index contributed by atoms with van der Waals surface area (Å²) in [5, 5.41) is 2.78. The van der Waals surface area contributed by atoms with Crippen molar-refractivity contribution in [3.8, 4) is 0 Å². The highest BCUT2D eigenvalue weighted by Crippen LogP contribution is 2.30. The van der Waals surface area contributed by atoms with Crippen LogP contribution in [0.1, 0.15) is 37.7 Å². The van der Waals surface area contributed by atoms with Crippen molar-refractivity contribution < 1.29 is 18.0 Å². The number of benzene rings is 1. The lowest BCUT2D eigenvalue weighted by molar-refractivity contribution is -0.138. The van der Waals surface area contributed by atoms with Crippen molar-refractivity contribution in [1.82, 2.24) is 9.21 Å². The van der Waals surface area contributed by atoms with Gasteiger partial charge in [0.25, 0.3) is 0 Å². The van der Waals surface area contributed by atoms with Crippen molar-refractivity contribution in [2.75, 3.05) is 31.5 Å². The van der Waals surface area contributed by atoms with E-state index in [2.05, 4.69) is 5.32 Å². The monoisotopic (exact) mass is 391 g/mol. The van der Waals surface area contributed by atoms with E-state index in [1.54, 1.807) is 18.2 Å². The highest BCUT2D eigenvalue weighted by molar-refractivity contribution is 7.89. The number of hydrogen-bond donors (Lipinski definition) is 1. The van der Waals surface area contributed by atoms with E-state index in [0.29, 0.717) is 51.1 Å². The van der Waals surface area contributed by atoms with Crippen LogP contribution in [0.4, 0.5) is 5.69 Å². The van der Waals surface area contributed by atoms with E-state index in [0.717, 1.165) is 24.8 Å². The van der Waals surface area contributed by atoms with E-state index >= 15 is 0 Å². The van der Waals surface area contributed by atoms with Crippen molar-refractivity contribution >= 4 is 27.5 Å². The second-order valence-corrected chi connectivity index (χ2v) is 9.52. The molecule has 1 aliphatic carbocycles. The number of anilines is 1. The predicted molar refractivity (Wildman–Crippen MR) is 101 cm³/mol. The van der Waals surface area contributed by atoms with Crippen LogP contribution in [0.3, 0.4) is 0 Å². The number of nitrogens with zero attached hydrogens (tertiary/aromatic N) is 2. The van der Waals surface area contributed by atoms with Crippen LogP contribution in [-0.4, -0.2) is 55.6 Å². The minimum absolute atomic E-state index is 0.0400. The lowest BCUT2D eigenvalue weighted by Crippen LogP contribution is -2.41. The summed E-state index contributed by atoms with van der Waals surface area (Å²) in [7, 11) is -3.61. The summed E-state index contributed by atoms with van der Waals surface area (Å²) in [6.07, 6.45) is 4.61. The van der Waals surface area contributed by atoms with Crippen LogP contribution in [0.5, 0.6) is 0 Å². The largest absolute Gasteiger partial charge is 0.341 e. The molecule has 1 N–H and O–H groups in total. The molecule has 146 valence electrons. The average molecular weight is 391 g/mol. The van der Waals surface area contributed by atoms with Gasteiger partial charge in [0.2, 0.25) is 21.8 Å². The van der Waals surface area contributed by atoms with E-state index in [-0.39, 0.29) is 22.6 Å². The molecule has 7 nitrogen and oxygen atoms in total. The Hall–Kier alpha value is -1.93. The quantitative estimate of drug-likeness (QED) is 0.848. The van der Waals surface area contributed by atoms with Gasteiger partial charge in [-0.25, -0.2) is 8.42 Å². The van der Waals surface area contributed by atoms with E-state index in [1.807, 2.05) is 4.90 Å². The molecule has 2 amide bonds. The second-order valence-electron chi connectivity index (χ2n) is 7.58. The van der Waals surface area contributed by atoms with Gasteiger partial charge in [-0.2, -0.15) is 4.31 Å². The summed E-state index contributed by atoms with van der Waals surface area (Å²) in [4.78, 5) is 26.0. The van der Waals surface area contributed by atoms with Crippen LogP contribution in [0.2, 0.25) is 0 Å². The van der Waals surface area contributed by atoms with Gasteiger partial charge in [-0.15, -0.1) is 0 Å². The SMILES string of the molecule is O=C1CCc2cc(S(=O)(=O)N3CCCN(C(=O)C4CCC4)CC3)ccc2N1. The highest BCUT2D eigenvalue weighted by atomic mass is 32.2. The zero-order valence-corrected chi connectivity index (χ0v) is 16.1. The van der Waals surface area contributed by atoms with Gasteiger partial charge in [-0.05, 0) is 49.4 Å². The number of sulfonamides is 1. The first-order valence-corrected chi connectivity index (χ1v) is 11.1. The summed E-state index contributed by atoms with van der Waals surface area (Å²) in [5.41, 5.74) is 1.55. The van der Waals surface area contributed by atoms with E-state index < -0.39 is 10.0 Å². The normalized spacial score (nSPS) is 21.8. The smallest absolute Gasteiger partial charge is 0.243 e. The molecule has 2 aliphatic heterocycles. The molecule has 1 saturated heterocycles. The molecule has 1 aromatic carbocycles. The number of aryl methyl sites for hydroxylation is 1. The Bertz CT molecular complexity index is 864. The number of carbonyl (C=O) groups excluding carboxylic acids is 2. The summed E-state index contributed by atoms with van der Waals surface area (Å²) in [6.45, 7) is 1.83. The van der Waals surface area contributed by atoms with Crippen LogP contribution in [0.25, 0.3) is 0 Å². The van der Waals surface area contributed by atoms with Crippen LogP contribution in [0.15, 0.2) is 23.1 Å². The van der Waals surface area contributed by atoms with Crippen molar-refractivity contribution in [3.63, 3.8) is 0 Å². The third-order valence-electron chi connectivity index (χ3n) is 5.83. The first-order chi connectivity index (χ1) is 12.9. The van der Waals surface area contributed by atoms with Gasteiger partial charge in [-0.3, -0.25) is 9.59 Å². The molecular formula is C19H25N3O4S. The van der Waals surface area contributed by atoms with Gasteiger partial charge in [0.05, 0.1) is 4.90 Å². The van der Waals surface area contributed by atoms with Gasteiger partial charge < -0.3 is 10.2 Å². The molecule has 0 bridgehead atoms. The van der Waals surface area contributed by atoms with Gasteiger partial charge in [0, 0.05) is 44.2 Å². The van der Waals surface area contributed by atoms with Gasteiger partial charge in [-0.1, -0.05) is 6.42 Å². The van der Waals surface area contributed by atoms with Crippen molar-refractivity contribution in [3.05, 3.63) is 23.8 Å². The standard InChI is InChI=1S/C19H25N3O4S/c23-18-8-5-15-13-16(6-7-17(15)20-18)27(25,26)22-10-2-9-21(11-12-22)19(24)14-3-1-4-14/h6-7,13-14H,1-5,8-12H2,(H,20,23). The van der Waals surface area contributed by atoms with Crippen LogP contribution < -0.4 is 5.32 Å².